The molecule has 0 saturated carbocycles. The monoisotopic (exact) mass is 673 g/mol. The molecule has 1 aromatic rings. The van der Waals surface area contributed by atoms with E-state index in [4.69, 9.17) is 10.5 Å². The summed E-state index contributed by atoms with van der Waals surface area (Å²) in [5.74, 6) is -3.62. The Balaban J connectivity index is 2.07. The zero-order valence-electron chi connectivity index (χ0n) is 27.2. The Morgan fingerprint density at radius 3 is 2.11 bits per heavy atom. The molecule has 0 unspecified atom stereocenters. The number of halogens is 3. The van der Waals surface area contributed by atoms with Crippen LogP contribution in [0.2, 0.25) is 0 Å². The second-order valence-corrected chi connectivity index (χ2v) is 12.7. The van der Waals surface area contributed by atoms with Crippen LogP contribution in [0, 0.1) is 5.92 Å². The van der Waals surface area contributed by atoms with Crippen LogP contribution in [0.3, 0.4) is 0 Å². The highest BCUT2D eigenvalue weighted by Gasteiger charge is 2.40. The van der Waals surface area contributed by atoms with E-state index in [0.717, 1.165) is 12.1 Å². The minimum absolute atomic E-state index is 0.000502. The highest BCUT2D eigenvalue weighted by molar-refractivity contribution is 5.92. The van der Waals surface area contributed by atoms with Crippen LogP contribution in [0.25, 0.3) is 0 Å². The molecule has 0 spiro atoms. The van der Waals surface area contributed by atoms with Crippen molar-refractivity contribution in [1.29, 1.82) is 0 Å². The number of primary amides is 1. The van der Waals surface area contributed by atoms with Crippen LogP contribution in [0.1, 0.15) is 71.4 Å². The molecule has 0 aromatic heterocycles. The number of aliphatic hydroxyl groups is 2. The number of rotatable bonds is 14. The topological polar surface area (TPSA) is 200 Å². The van der Waals surface area contributed by atoms with Crippen molar-refractivity contribution >= 4 is 29.7 Å². The number of nitrogens with one attached hydrogen (secondary N) is 3. The maximum Gasteiger partial charge on any atom is 0.416 e. The highest BCUT2D eigenvalue weighted by Crippen LogP contribution is 2.29. The van der Waals surface area contributed by atoms with Crippen molar-refractivity contribution in [1.82, 2.24) is 20.9 Å². The summed E-state index contributed by atoms with van der Waals surface area (Å²) in [6.07, 6.45) is -6.81. The van der Waals surface area contributed by atoms with E-state index in [1.165, 1.54) is 30.9 Å². The second kappa shape index (κ2) is 16.8. The number of benzene rings is 1. The van der Waals surface area contributed by atoms with E-state index < -0.39 is 83.3 Å². The van der Waals surface area contributed by atoms with Crippen molar-refractivity contribution < 1.29 is 52.1 Å². The number of hydrogen-bond acceptors (Lipinski definition) is 8. The minimum Gasteiger partial charge on any atom is -0.444 e. The Bertz CT molecular complexity index is 1250. The van der Waals surface area contributed by atoms with Crippen LogP contribution in [0.5, 0.6) is 0 Å². The number of nitrogens with two attached hydrogens (primary N) is 1. The number of amides is 5. The Labute approximate surface area is 271 Å². The standard InChI is InChI=1S/C31H46F3N5O8/c1-17(40)23(25(35)42)37-26(43)20(16-19-10-12-21(13-11-19)31(32,33)34)8-6-14-36-27(44)22-9-7-15-39(22)28(45)24(18(2)41)38-29(46)47-30(3,4)5/h10-13,17-18,20,22-24,40-41H,6-9,14-16H2,1-5H3,(H2,35,42)(H,36,44)(H,37,43)(H,38,46)/t17-,18-,20-,22+,23+,24+/m1/s1. The van der Waals surface area contributed by atoms with Gasteiger partial charge in [-0.3, -0.25) is 19.2 Å². The van der Waals surface area contributed by atoms with Crippen LogP contribution in [0.15, 0.2) is 24.3 Å². The van der Waals surface area contributed by atoms with Crippen molar-refractivity contribution in [2.24, 2.45) is 11.7 Å². The first-order valence-corrected chi connectivity index (χ1v) is 15.4. The lowest BCUT2D eigenvalue weighted by Gasteiger charge is -2.30. The summed E-state index contributed by atoms with van der Waals surface area (Å²) in [6, 6.07) is 0.660. The summed E-state index contributed by atoms with van der Waals surface area (Å²) < 4.78 is 44.2. The molecule has 5 amide bonds. The molecule has 0 bridgehead atoms. The van der Waals surface area contributed by atoms with Gasteiger partial charge in [0.25, 0.3) is 0 Å². The van der Waals surface area contributed by atoms with Crippen molar-refractivity contribution in [2.75, 3.05) is 13.1 Å². The number of carbonyl (C=O) groups excluding carboxylic acids is 5. The molecular formula is C31H46F3N5O8. The van der Waals surface area contributed by atoms with Crippen LogP contribution in [-0.4, -0.2) is 93.9 Å². The Hall–Kier alpha value is -3.92. The third kappa shape index (κ3) is 12.3. The molecule has 0 aliphatic carbocycles. The number of likely N-dealkylation sites (tertiary alicyclic amines) is 1. The fourth-order valence-corrected chi connectivity index (χ4v) is 5.12. The predicted molar refractivity (Wildman–Crippen MR) is 163 cm³/mol. The normalized spacial score (nSPS) is 18.3. The lowest BCUT2D eigenvalue weighted by atomic mass is 9.92. The van der Waals surface area contributed by atoms with E-state index in [9.17, 15) is 47.4 Å². The molecule has 0 radical (unpaired) electrons. The lowest BCUT2D eigenvalue weighted by Crippen LogP contribution is -2.57. The molecule has 1 aliphatic rings. The summed E-state index contributed by atoms with van der Waals surface area (Å²) in [6.45, 7) is 7.81. The minimum atomic E-state index is -4.54. The van der Waals surface area contributed by atoms with Gasteiger partial charge in [-0.05, 0) is 84.4 Å². The summed E-state index contributed by atoms with van der Waals surface area (Å²) in [7, 11) is 0. The SMILES string of the molecule is C[C@@H](O)[C@H](NC(=O)[C@H](CCCNC(=O)[C@@H]1CCCN1C(=O)[C@@H](NC(=O)OC(C)(C)C)[C@@H](C)O)Cc1ccc(C(F)(F)F)cc1)C(N)=O. The van der Waals surface area contributed by atoms with Gasteiger partial charge in [0.15, 0.2) is 0 Å². The maximum atomic E-state index is 13.3. The molecule has 2 rings (SSSR count). The van der Waals surface area contributed by atoms with Gasteiger partial charge in [0.05, 0.1) is 17.8 Å². The first-order chi connectivity index (χ1) is 21.7. The first-order valence-electron chi connectivity index (χ1n) is 15.4. The average molecular weight is 674 g/mol. The molecule has 1 saturated heterocycles. The second-order valence-electron chi connectivity index (χ2n) is 12.7. The molecule has 7 N–H and O–H groups in total. The van der Waals surface area contributed by atoms with Crippen LogP contribution >= 0.6 is 0 Å². The molecule has 264 valence electrons. The third-order valence-electron chi connectivity index (χ3n) is 7.51. The van der Waals surface area contributed by atoms with Crippen LogP contribution < -0.4 is 21.7 Å². The van der Waals surface area contributed by atoms with Gasteiger partial charge in [0, 0.05) is 19.0 Å². The lowest BCUT2D eigenvalue weighted by molar-refractivity contribution is -0.142. The molecular weight excluding hydrogens is 627 g/mol. The summed E-state index contributed by atoms with van der Waals surface area (Å²) in [5, 5.41) is 27.6. The smallest absolute Gasteiger partial charge is 0.416 e. The Kier molecular flexibility index (Phi) is 14.0. The molecule has 1 aliphatic heterocycles. The molecule has 1 heterocycles. The van der Waals surface area contributed by atoms with Crippen molar-refractivity contribution in [2.45, 2.75) is 109 Å². The molecule has 6 atom stereocenters. The number of hydrogen-bond donors (Lipinski definition) is 6. The molecule has 13 nitrogen and oxygen atoms in total. The number of nitrogens with zero attached hydrogens (tertiary/aromatic N) is 1. The molecule has 16 heteroatoms. The summed E-state index contributed by atoms with van der Waals surface area (Å²) in [4.78, 5) is 64.8. The Morgan fingerprint density at radius 1 is 1.00 bits per heavy atom. The van der Waals surface area contributed by atoms with Crippen LogP contribution in [-0.2, 0) is 36.5 Å². The summed E-state index contributed by atoms with van der Waals surface area (Å²) >= 11 is 0. The van der Waals surface area contributed by atoms with E-state index in [0.29, 0.717) is 18.4 Å². The Morgan fingerprint density at radius 2 is 1.60 bits per heavy atom. The van der Waals surface area contributed by atoms with Gasteiger partial charge in [-0.25, -0.2) is 4.79 Å². The summed E-state index contributed by atoms with van der Waals surface area (Å²) in [5.41, 5.74) is 4.01. The number of alkyl halides is 3. The van der Waals surface area contributed by atoms with Gasteiger partial charge in [-0.1, -0.05) is 12.1 Å². The molecule has 1 fully saturated rings. The average Bonchev–Trinajstić information content (AvgIpc) is 3.44. The van der Waals surface area contributed by atoms with Gasteiger partial charge in [0.1, 0.15) is 23.7 Å². The first kappa shape index (κ1) is 39.3. The van der Waals surface area contributed by atoms with Gasteiger partial charge >= 0.3 is 12.3 Å². The highest BCUT2D eigenvalue weighted by atomic mass is 19.4. The third-order valence-corrected chi connectivity index (χ3v) is 7.51. The fourth-order valence-electron chi connectivity index (χ4n) is 5.12. The van der Waals surface area contributed by atoms with Gasteiger partial charge in [0.2, 0.25) is 23.6 Å². The fraction of sp³-hybridized carbons (Fsp3) is 0.645. The van der Waals surface area contributed by atoms with E-state index in [2.05, 4.69) is 16.0 Å². The van der Waals surface area contributed by atoms with Crippen molar-refractivity contribution in [3.63, 3.8) is 0 Å². The van der Waals surface area contributed by atoms with Crippen molar-refractivity contribution in [3.05, 3.63) is 35.4 Å². The van der Waals surface area contributed by atoms with Crippen LogP contribution in [0.4, 0.5) is 18.0 Å². The van der Waals surface area contributed by atoms with Gasteiger partial charge in [-0.2, -0.15) is 13.2 Å². The van der Waals surface area contributed by atoms with Gasteiger partial charge < -0.3 is 41.5 Å². The van der Waals surface area contributed by atoms with E-state index in [1.807, 2.05) is 0 Å². The van der Waals surface area contributed by atoms with Gasteiger partial charge in [-0.15, -0.1) is 0 Å². The number of ether oxygens (including phenoxy) is 1. The number of carbonyl (C=O) groups is 5. The molecule has 47 heavy (non-hydrogen) atoms. The number of alkyl carbamates (subject to hydrolysis) is 1. The zero-order chi connectivity index (χ0) is 35.7. The predicted octanol–water partition coefficient (Wildman–Crippen LogP) is 1.38. The number of aliphatic hydroxyl groups excluding tert-OH is 2. The maximum absolute atomic E-state index is 13.3. The largest absolute Gasteiger partial charge is 0.444 e. The van der Waals surface area contributed by atoms with E-state index in [1.54, 1.807) is 20.8 Å². The zero-order valence-corrected chi connectivity index (χ0v) is 27.2. The molecule has 1 aromatic carbocycles. The van der Waals surface area contributed by atoms with E-state index in [-0.39, 0.29) is 32.4 Å². The van der Waals surface area contributed by atoms with Crippen molar-refractivity contribution in [3.8, 4) is 0 Å². The quantitative estimate of drug-likeness (QED) is 0.159. The van der Waals surface area contributed by atoms with E-state index >= 15 is 0 Å².